The monoisotopic (exact) mass is 170 g/mol. The summed E-state index contributed by atoms with van der Waals surface area (Å²) in [7, 11) is 0. The lowest BCUT2D eigenvalue weighted by molar-refractivity contribution is 1.24. The molecule has 1 aromatic heterocycles. The Morgan fingerprint density at radius 1 is 1.60 bits per heavy atom. The van der Waals surface area contributed by atoms with Crippen molar-refractivity contribution >= 4 is 23.4 Å². The lowest BCUT2D eigenvalue weighted by atomic mass is 10.5. The summed E-state index contributed by atoms with van der Waals surface area (Å²) >= 11 is 6.58. The van der Waals surface area contributed by atoms with Gasteiger partial charge < -0.3 is 0 Å². The van der Waals surface area contributed by atoms with Crippen LogP contribution in [0.5, 0.6) is 0 Å². The van der Waals surface area contributed by atoms with Crippen LogP contribution in [0.4, 0.5) is 0 Å². The molecule has 1 heterocycles. The minimum Gasteiger partial charge on any atom is -0.243 e. The van der Waals surface area contributed by atoms with Crippen molar-refractivity contribution in [3.8, 4) is 5.40 Å². The van der Waals surface area contributed by atoms with Gasteiger partial charge in [-0.15, -0.1) is 0 Å². The summed E-state index contributed by atoms with van der Waals surface area (Å²) in [5.74, 6) is 0. The molecule has 0 atom stereocenters. The van der Waals surface area contributed by atoms with Gasteiger partial charge in [-0.05, 0) is 23.9 Å². The number of aromatic nitrogens is 1. The second kappa shape index (κ2) is 3.45. The molecule has 2 nitrogen and oxygen atoms in total. The van der Waals surface area contributed by atoms with Crippen molar-refractivity contribution in [3.63, 3.8) is 0 Å². The summed E-state index contributed by atoms with van der Waals surface area (Å²) in [5, 5.41) is 10.6. The Labute approximate surface area is 67.8 Å². The highest BCUT2D eigenvalue weighted by Gasteiger charge is 1.91. The summed E-state index contributed by atoms with van der Waals surface area (Å²) in [6, 6.07) is 3.41. The first-order chi connectivity index (χ1) is 4.83. The van der Waals surface area contributed by atoms with E-state index in [1.807, 2.05) is 5.40 Å². The molecule has 0 saturated carbocycles. The van der Waals surface area contributed by atoms with Crippen LogP contribution in [0.2, 0.25) is 5.15 Å². The van der Waals surface area contributed by atoms with E-state index in [0.717, 1.165) is 16.7 Å². The maximum Gasteiger partial charge on any atom is 0.138 e. The molecular formula is C6H3ClN2S. The van der Waals surface area contributed by atoms with Crippen LogP contribution in [0.25, 0.3) is 0 Å². The summed E-state index contributed by atoms with van der Waals surface area (Å²) in [6.45, 7) is 0. The van der Waals surface area contributed by atoms with Gasteiger partial charge in [0.1, 0.15) is 10.6 Å². The van der Waals surface area contributed by atoms with Gasteiger partial charge >= 0.3 is 0 Å². The Balaban J connectivity index is 2.81. The van der Waals surface area contributed by atoms with Crippen molar-refractivity contribution in [3.05, 3.63) is 23.5 Å². The topological polar surface area (TPSA) is 36.7 Å². The fourth-order valence-electron chi connectivity index (χ4n) is 0.475. The maximum atomic E-state index is 8.24. The summed E-state index contributed by atoms with van der Waals surface area (Å²) in [6.07, 6.45) is 1.57. The summed E-state index contributed by atoms with van der Waals surface area (Å²) < 4.78 is 0. The van der Waals surface area contributed by atoms with Gasteiger partial charge in [-0.3, -0.25) is 0 Å². The van der Waals surface area contributed by atoms with Gasteiger partial charge in [0, 0.05) is 11.1 Å². The Morgan fingerprint density at radius 2 is 2.40 bits per heavy atom. The Hall–Kier alpha value is -0.720. The molecular weight excluding hydrogens is 168 g/mol. The van der Waals surface area contributed by atoms with Crippen LogP contribution in [0, 0.1) is 10.7 Å². The fourth-order valence-corrected chi connectivity index (χ4v) is 0.934. The van der Waals surface area contributed by atoms with Gasteiger partial charge in [-0.2, -0.15) is 5.26 Å². The van der Waals surface area contributed by atoms with E-state index in [2.05, 4.69) is 4.98 Å². The number of thiocyanates is 1. The largest absolute Gasteiger partial charge is 0.243 e. The van der Waals surface area contributed by atoms with Crippen molar-refractivity contribution in [1.29, 1.82) is 5.26 Å². The third-order valence-corrected chi connectivity index (χ3v) is 1.66. The molecule has 0 saturated heterocycles. The first-order valence-corrected chi connectivity index (χ1v) is 3.70. The number of hydrogen-bond acceptors (Lipinski definition) is 3. The third kappa shape index (κ3) is 1.90. The summed E-state index contributed by atoms with van der Waals surface area (Å²) in [4.78, 5) is 4.60. The zero-order valence-electron chi connectivity index (χ0n) is 4.91. The number of nitrogens with zero attached hydrogens (tertiary/aromatic N) is 2. The molecule has 0 amide bonds. The van der Waals surface area contributed by atoms with Crippen LogP contribution in [-0.4, -0.2) is 4.98 Å². The van der Waals surface area contributed by atoms with E-state index < -0.39 is 0 Å². The van der Waals surface area contributed by atoms with Crippen molar-refractivity contribution in [1.82, 2.24) is 4.98 Å². The normalized spacial score (nSPS) is 8.80. The van der Waals surface area contributed by atoms with Gasteiger partial charge in [0.15, 0.2) is 0 Å². The second-order valence-electron chi connectivity index (χ2n) is 1.51. The molecule has 0 spiro atoms. The number of pyridine rings is 1. The summed E-state index contributed by atoms with van der Waals surface area (Å²) in [5.41, 5.74) is 0. The number of rotatable bonds is 1. The average Bonchev–Trinajstić information content (AvgIpc) is 1.95. The van der Waals surface area contributed by atoms with Crippen molar-refractivity contribution in [2.24, 2.45) is 0 Å². The first-order valence-electron chi connectivity index (χ1n) is 2.50. The highest BCUT2D eigenvalue weighted by Crippen LogP contribution is 2.15. The Morgan fingerprint density at radius 3 is 2.90 bits per heavy atom. The molecule has 1 aromatic rings. The van der Waals surface area contributed by atoms with Gasteiger partial charge in [0.25, 0.3) is 0 Å². The number of nitriles is 1. The number of hydrogen-bond donors (Lipinski definition) is 0. The van der Waals surface area contributed by atoms with Crippen LogP contribution < -0.4 is 0 Å². The van der Waals surface area contributed by atoms with Crippen molar-refractivity contribution in [2.75, 3.05) is 0 Å². The molecule has 0 N–H and O–H groups in total. The minimum absolute atomic E-state index is 0.447. The standard InChI is InChI=1S/C6H3ClN2S/c7-6-2-1-5(3-9-6)10-4-8/h1-3H. The van der Waals surface area contributed by atoms with Crippen LogP contribution in [0.15, 0.2) is 23.2 Å². The molecule has 4 heteroatoms. The molecule has 0 aliphatic carbocycles. The Kier molecular flexibility index (Phi) is 2.55. The molecule has 0 aromatic carbocycles. The Bertz CT molecular complexity index is 251. The first kappa shape index (κ1) is 7.39. The number of thioether (sulfide) groups is 1. The molecule has 0 aliphatic rings. The molecule has 0 bridgehead atoms. The lowest BCUT2D eigenvalue weighted by Gasteiger charge is -1.90. The predicted molar refractivity (Wildman–Crippen MR) is 40.7 cm³/mol. The van der Waals surface area contributed by atoms with Crippen LogP contribution in [-0.2, 0) is 0 Å². The van der Waals surface area contributed by atoms with E-state index in [-0.39, 0.29) is 0 Å². The average molecular weight is 171 g/mol. The smallest absolute Gasteiger partial charge is 0.138 e. The molecule has 1 rings (SSSR count). The van der Waals surface area contributed by atoms with E-state index in [9.17, 15) is 0 Å². The second-order valence-corrected chi connectivity index (χ2v) is 2.76. The van der Waals surface area contributed by atoms with E-state index in [1.165, 1.54) is 0 Å². The molecule has 0 unspecified atom stereocenters. The zero-order valence-corrected chi connectivity index (χ0v) is 6.49. The van der Waals surface area contributed by atoms with E-state index in [1.54, 1.807) is 18.3 Å². The van der Waals surface area contributed by atoms with Crippen molar-refractivity contribution in [2.45, 2.75) is 4.90 Å². The minimum atomic E-state index is 0.447. The van der Waals surface area contributed by atoms with Gasteiger partial charge in [0.05, 0.1) is 0 Å². The fraction of sp³-hybridized carbons (Fsp3) is 0. The highest BCUT2D eigenvalue weighted by atomic mass is 35.5. The van der Waals surface area contributed by atoms with E-state index in [4.69, 9.17) is 16.9 Å². The van der Waals surface area contributed by atoms with Gasteiger partial charge in [-0.1, -0.05) is 11.6 Å². The quantitative estimate of drug-likeness (QED) is 0.369. The van der Waals surface area contributed by atoms with Crippen LogP contribution in [0.1, 0.15) is 0 Å². The molecule has 0 radical (unpaired) electrons. The van der Waals surface area contributed by atoms with Crippen molar-refractivity contribution < 1.29 is 0 Å². The SMILES string of the molecule is N#CSc1ccc(Cl)nc1. The maximum absolute atomic E-state index is 8.24. The molecule has 0 fully saturated rings. The van der Waals surface area contributed by atoms with Gasteiger partial charge in [-0.25, -0.2) is 4.98 Å². The predicted octanol–water partition coefficient (Wildman–Crippen LogP) is 2.31. The zero-order chi connectivity index (χ0) is 7.40. The highest BCUT2D eigenvalue weighted by molar-refractivity contribution is 8.03. The number of halogens is 1. The van der Waals surface area contributed by atoms with Gasteiger partial charge in [0.2, 0.25) is 0 Å². The van der Waals surface area contributed by atoms with E-state index >= 15 is 0 Å². The molecule has 0 aliphatic heterocycles. The molecule has 10 heavy (non-hydrogen) atoms. The van der Waals surface area contributed by atoms with E-state index in [0.29, 0.717) is 5.15 Å². The lowest BCUT2D eigenvalue weighted by Crippen LogP contribution is -1.73. The third-order valence-electron chi connectivity index (χ3n) is 0.864. The van der Waals surface area contributed by atoms with Crippen LogP contribution in [0.3, 0.4) is 0 Å². The molecule has 50 valence electrons. The van der Waals surface area contributed by atoms with Crippen LogP contribution >= 0.6 is 23.4 Å².